The topological polar surface area (TPSA) is 40.5 Å². The minimum absolute atomic E-state index is 0.135. The Morgan fingerprint density at radius 2 is 1.86 bits per heavy atom. The summed E-state index contributed by atoms with van der Waals surface area (Å²) in [6.45, 7) is 4.75. The van der Waals surface area contributed by atoms with Crippen LogP contribution < -0.4 is 0 Å². The van der Waals surface area contributed by atoms with Crippen molar-refractivity contribution in [3.63, 3.8) is 0 Å². The monoisotopic (exact) mass is 290 g/mol. The van der Waals surface area contributed by atoms with Gasteiger partial charge in [-0.1, -0.05) is 25.5 Å². The second kappa shape index (κ2) is 4.35. The molecular weight excluding hydrogens is 260 g/mol. The van der Waals surface area contributed by atoms with Crippen LogP contribution >= 0.6 is 0 Å². The lowest BCUT2D eigenvalue weighted by atomic mass is 9.46. The van der Waals surface area contributed by atoms with E-state index in [9.17, 15) is 10.2 Å². The van der Waals surface area contributed by atoms with Crippen molar-refractivity contribution in [2.24, 2.45) is 22.7 Å². The first kappa shape index (κ1) is 14.3. The molecule has 0 bridgehead atoms. The lowest BCUT2D eigenvalue weighted by molar-refractivity contribution is -0.168. The van der Waals surface area contributed by atoms with E-state index in [0.717, 1.165) is 32.1 Å². The normalized spacial score (nSPS) is 56.2. The third-order valence-electron chi connectivity index (χ3n) is 8.06. The zero-order valence-electron chi connectivity index (χ0n) is 13.6. The van der Waals surface area contributed by atoms with Crippen LogP contribution in [0, 0.1) is 22.7 Å². The van der Waals surface area contributed by atoms with Gasteiger partial charge in [-0.05, 0) is 80.5 Å². The first-order valence-corrected chi connectivity index (χ1v) is 8.99. The quantitative estimate of drug-likeness (QED) is 0.666. The zero-order chi connectivity index (χ0) is 14.9. The Kier molecular flexibility index (Phi) is 2.96. The van der Waals surface area contributed by atoms with Crippen LogP contribution in [0.1, 0.15) is 71.6 Å². The van der Waals surface area contributed by atoms with Crippen molar-refractivity contribution in [2.75, 3.05) is 0 Å². The van der Waals surface area contributed by atoms with Crippen LogP contribution in [0.25, 0.3) is 0 Å². The van der Waals surface area contributed by atoms with Crippen molar-refractivity contribution in [2.45, 2.75) is 83.3 Å². The van der Waals surface area contributed by atoms with Crippen LogP contribution in [-0.4, -0.2) is 21.9 Å². The van der Waals surface area contributed by atoms with Gasteiger partial charge in [0.05, 0.1) is 11.7 Å². The van der Waals surface area contributed by atoms with Crippen molar-refractivity contribution < 1.29 is 10.2 Å². The lowest BCUT2D eigenvalue weighted by Crippen LogP contribution is -2.59. The molecule has 0 aromatic carbocycles. The predicted octanol–water partition coefficient (Wildman–Crippen LogP) is 3.82. The summed E-state index contributed by atoms with van der Waals surface area (Å²) >= 11 is 0. The van der Waals surface area contributed by atoms with E-state index in [1.165, 1.54) is 31.3 Å². The molecule has 0 aromatic rings. The SMILES string of the molecule is C[C@]12CCC[C@@]1(O)[C@@H]1CC=C3C[C@H](O)CC[C@]3(C)[C@@H]1CC2. The van der Waals surface area contributed by atoms with E-state index in [0.29, 0.717) is 11.8 Å². The number of allylic oxidation sites excluding steroid dienone is 1. The Balaban J connectivity index is 1.73. The molecule has 0 spiro atoms. The Morgan fingerprint density at radius 1 is 1.05 bits per heavy atom. The number of hydrogen-bond acceptors (Lipinski definition) is 2. The molecule has 0 aromatic heterocycles. The van der Waals surface area contributed by atoms with Gasteiger partial charge in [-0.25, -0.2) is 0 Å². The maximum atomic E-state index is 11.5. The summed E-state index contributed by atoms with van der Waals surface area (Å²) in [5.74, 6) is 1.07. The molecule has 4 aliphatic rings. The molecule has 118 valence electrons. The van der Waals surface area contributed by atoms with E-state index < -0.39 is 5.60 Å². The summed E-state index contributed by atoms with van der Waals surface area (Å²) in [4.78, 5) is 0. The molecule has 2 N–H and O–H groups in total. The Bertz CT molecular complexity index is 484. The van der Waals surface area contributed by atoms with Gasteiger partial charge in [-0.2, -0.15) is 0 Å². The van der Waals surface area contributed by atoms with Crippen molar-refractivity contribution in [3.05, 3.63) is 11.6 Å². The van der Waals surface area contributed by atoms with Crippen LogP contribution in [0.2, 0.25) is 0 Å². The summed E-state index contributed by atoms with van der Waals surface area (Å²) in [7, 11) is 0. The molecule has 0 saturated heterocycles. The highest BCUT2D eigenvalue weighted by atomic mass is 16.3. The molecule has 4 aliphatic carbocycles. The second-order valence-corrected chi connectivity index (χ2v) is 8.87. The summed E-state index contributed by atoms with van der Waals surface area (Å²) in [6, 6.07) is 0. The van der Waals surface area contributed by atoms with E-state index in [-0.39, 0.29) is 16.9 Å². The van der Waals surface area contributed by atoms with Gasteiger partial charge in [-0.15, -0.1) is 0 Å². The van der Waals surface area contributed by atoms with Crippen LogP contribution in [0.5, 0.6) is 0 Å². The Labute approximate surface area is 128 Å². The summed E-state index contributed by atoms with van der Waals surface area (Å²) in [5, 5.41) is 21.6. The molecule has 0 aliphatic heterocycles. The number of fused-ring (bicyclic) bond motifs is 5. The molecule has 0 radical (unpaired) electrons. The summed E-state index contributed by atoms with van der Waals surface area (Å²) in [6.07, 6.45) is 12.1. The average Bonchev–Trinajstić information content (AvgIpc) is 2.75. The molecule has 2 nitrogen and oxygen atoms in total. The van der Waals surface area contributed by atoms with E-state index in [4.69, 9.17) is 0 Å². The van der Waals surface area contributed by atoms with E-state index in [1.807, 2.05) is 0 Å². The predicted molar refractivity (Wildman–Crippen MR) is 83.8 cm³/mol. The smallest absolute Gasteiger partial charge is 0.0735 e. The van der Waals surface area contributed by atoms with E-state index in [1.54, 1.807) is 0 Å². The second-order valence-electron chi connectivity index (χ2n) is 8.87. The highest BCUT2D eigenvalue weighted by Crippen LogP contribution is 2.66. The van der Waals surface area contributed by atoms with Gasteiger partial charge in [0.2, 0.25) is 0 Å². The molecule has 4 rings (SSSR count). The van der Waals surface area contributed by atoms with Gasteiger partial charge >= 0.3 is 0 Å². The fourth-order valence-corrected chi connectivity index (χ4v) is 6.60. The number of rotatable bonds is 0. The number of aliphatic hydroxyl groups excluding tert-OH is 1. The van der Waals surface area contributed by atoms with Crippen LogP contribution in [0.15, 0.2) is 11.6 Å². The molecule has 21 heavy (non-hydrogen) atoms. The van der Waals surface area contributed by atoms with Crippen molar-refractivity contribution in [1.29, 1.82) is 0 Å². The number of aliphatic hydroxyl groups is 2. The minimum Gasteiger partial charge on any atom is -0.393 e. The maximum absolute atomic E-state index is 11.5. The molecule has 0 amide bonds. The molecule has 6 atom stereocenters. The fourth-order valence-electron chi connectivity index (χ4n) is 6.60. The van der Waals surface area contributed by atoms with Gasteiger partial charge in [0.1, 0.15) is 0 Å². The average molecular weight is 290 g/mol. The lowest BCUT2D eigenvalue weighted by Gasteiger charge is -2.60. The Morgan fingerprint density at radius 3 is 2.67 bits per heavy atom. The largest absolute Gasteiger partial charge is 0.393 e. The van der Waals surface area contributed by atoms with Crippen LogP contribution in [0.3, 0.4) is 0 Å². The molecule has 3 saturated carbocycles. The summed E-state index contributed by atoms with van der Waals surface area (Å²) in [5.41, 5.74) is 1.45. The highest BCUT2D eigenvalue weighted by Gasteiger charge is 2.63. The number of hydrogen-bond donors (Lipinski definition) is 2. The van der Waals surface area contributed by atoms with Crippen LogP contribution in [-0.2, 0) is 0 Å². The molecular formula is C19H30O2. The first-order valence-electron chi connectivity index (χ1n) is 8.99. The third kappa shape index (κ3) is 1.72. The fraction of sp³-hybridized carbons (Fsp3) is 0.895. The van der Waals surface area contributed by atoms with Gasteiger partial charge < -0.3 is 10.2 Å². The van der Waals surface area contributed by atoms with Crippen LogP contribution in [0.4, 0.5) is 0 Å². The van der Waals surface area contributed by atoms with Gasteiger partial charge in [-0.3, -0.25) is 0 Å². The van der Waals surface area contributed by atoms with E-state index >= 15 is 0 Å². The van der Waals surface area contributed by atoms with E-state index in [2.05, 4.69) is 19.9 Å². The molecule has 2 heteroatoms. The summed E-state index contributed by atoms with van der Waals surface area (Å²) < 4.78 is 0. The van der Waals surface area contributed by atoms with Crippen molar-refractivity contribution in [3.8, 4) is 0 Å². The minimum atomic E-state index is -0.434. The van der Waals surface area contributed by atoms with Gasteiger partial charge in [0, 0.05) is 0 Å². The van der Waals surface area contributed by atoms with Crippen molar-refractivity contribution >= 4 is 0 Å². The highest BCUT2D eigenvalue weighted by molar-refractivity contribution is 5.27. The van der Waals surface area contributed by atoms with Gasteiger partial charge in [0.25, 0.3) is 0 Å². The molecule has 0 unspecified atom stereocenters. The maximum Gasteiger partial charge on any atom is 0.0735 e. The Hall–Kier alpha value is -0.340. The third-order valence-corrected chi connectivity index (χ3v) is 8.06. The zero-order valence-corrected chi connectivity index (χ0v) is 13.6. The van der Waals surface area contributed by atoms with Gasteiger partial charge in [0.15, 0.2) is 0 Å². The standard InChI is InChI=1S/C19H30O2/c1-17-8-3-9-19(17,21)16-5-4-13-12-14(20)6-11-18(13,2)15(16)7-10-17/h4,14-16,20-21H,3,5-12H2,1-2H3/t14-,15-,16-,17-,18+,19-/m1/s1. The molecule has 3 fully saturated rings. The molecule has 0 heterocycles. The van der Waals surface area contributed by atoms with Crippen molar-refractivity contribution in [1.82, 2.24) is 0 Å². The first-order chi connectivity index (χ1) is 9.89.